The van der Waals surface area contributed by atoms with Gasteiger partial charge in [-0.1, -0.05) is 17.7 Å². The molecule has 0 fully saturated rings. The van der Waals surface area contributed by atoms with E-state index >= 15 is 0 Å². The van der Waals surface area contributed by atoms with E-state index in [1.807, 2.05) is 6.07 Å². The zero-order valence-corrected chi connectivity index (χ0v) is 10.7. The molecule has 0 bridgehead atoms. The summed E-state index contributed by atoms with van der Waals surface area (Å²) in [4.78, 5) is 16.6. The second kappa shape index (κ2) is 5.29. The number of ketones is 1. The van der Waals surface area contributed by atoms with Crippen LogP contribution >= 0.6 is 22.9 Å². The number of carbonyl (C=O) groups is 1. The number of methoxy groups -OCH3 is 1. The van der Waals surface area contributed by atoms with Crippen molar-refractivity contribution in [3.8, 4) is 5.88 Å². The topological polar surface area (TPSA) is 39.2 Å². The summed E-state index contributed by atoms with van der Waals surface area (Å²) in [5.41, 5.74) is 0.861. The maximum absolute atomic E-state index is 11.9. The third-order valence-electron chi connectivity index (χ3n) is 2.22. The predicted molar refractivity (Wildman–Crippen MR) is 68.2 cm³/mol. The van der Waals surface area contributed by atoms with Gasteiger partial charge in [0, 0.05) is 18.7 Å². The fourth-order valence-electron chi connectivity index (χ4n) is 1.37. The quantitative estimate of drug-likeness (QED) is 0.799. The second-order valence-electron chi connectivity index (χ2n) is 3.41. The highest BCUT2D eigenvalue weighted by Crippen LogP contribution is 2.22. The van der Waals surface area contributed by atoms with Crippen LogP contribution in [0.5, 0.6) is 5.88 Å². The molecule has 88 valence electrons. The number of pyridine rings is 1. The molecule has 0 N–H and O–H groups in total. The fourth-order valence-corrected chi connectivity index (χ4v) is 2.35. The Balaban J connectivity index is 2.07. The third-order valence-corrected chi connectivity index (χ3v) is 3.49. The zero-order chi connectivity index (χ0) is 12.3. The number of thiophene rings is 1. The number of hydrogen-bond acceptors (Lipinski definition) is 4. The lowest BCUT2D eigenvalue weighted by atomic mass is 10.1. The monoisotopic (exact) mass is 267 g/mol. The fraction of sp³-hybridized carbons (Fsp3) is 0.167. The van der Waals surface area contributed by atoms with Gasteiger partial charge in [-0.3, -0.25) is 4.79 Å². The van der Waals surface area contributed by atoms with E-state index in [2.05, 4.69) is 4.98 Å². The van der Waals surface area contributed by atoms with Crippen LogP contribution in [0, 0.1) is 0 Å². The minimum atomic E-state index is 0.0499. The molecule has 0 aliphatic rings. The highest BCUT2D eigenvalue weighted by atomic mass is 35.5. The minimum Gasteiger partial charge on any atom is -0.481 e. The van der Waals surface area contributed by atoms with Crippen molar-refractivity contribution in [2.75, 3.05) is 7.11 Å². The van der Waals surface area contributed by atoms with Crippen LogP contribution in [0.15, 0.2) is 30.5 Å². The number of hydrogen-bond donors (Lipinski definition) is 0. The summed E-state index contributed by atoms with van der Waals surface area (Å²) in [5.74, 6) is 0.592. The van der Waals surface area contributed by atoms with Crippen molar-refractivity contribution in [1.82, 2.24) is 4.98 Å². The molecule has 3 nitrogen and oxygen atoms in total. The molecule has 0 atom stereocenters. The average molecular weight is 268 g/mol. The SMILES string of the molecule is COc1ccc(CC(=O)c2ccc(Cl)s2)cn1. The Hall–Kier alpha value is -1.39. The lowest BCUT2D eigenvalue weighted by Crippen LogP contribution is -2.01. The van der Waals surface area contributed by atoms with Gasteiger partial charge in [-0.05, 0) is 17.7 Å². The lowest BCUT2D eigenvalue weighted by molar-refractivity contribution is 0.0996. The Kier molecular flexibility index (Phi) is 3.76. The predicted octanol–water partition coefficient (Wildman–Crippen LogP) is 3.23. The van der Waals surface area contributed by atoms with Crippen molar-refractivity contribution in [1.29, 1.82) is 0 Å². The van der Waals surface area contributed by atoms with Crippen LogP contribution in [0.4, 0.5) is 0 Å². The van der Waals surface area contributed by atoms with Crippen molar-refractivity contribution in [2.45, 2.75) is 6.42 Å². The number of ether oxygens (including phenoxy) is 1. The van der Waals surface area contributed by atoms with Gasteiger partial charge in [0.25, 0.3) is 0 Å². The Labute approximate surface area is 108 Å². The van der Waals surface area contributed by atoms with Crippen LogP contribution in [0.2, 0.25) is 4.34 Å². The maximum atomic E-state index is 11.9. The Morgan fingerprint density at radius 2 is 2.24 bits per heavy atom. The summed E-state index contributed by atoms with van der Waals surface area (Å²) in [6.07, 6.45) is 1.97. The molecule has 2 aromatic rings. The average Bonchev–Trinajstić information content (AvgIpc) is 2.77. The smallest absolute Gasteiger partial charge is 0.212 e. The van der Waals surface area contributed by atoms with Gasteiger partial charge in [0.15, 0.2) is 5.78 Å². The molecule has 17 heavy (non-hydrogen) atoms. The molecule has 2 aromatic heterocycles. The first-order valence-electron chi connectivity index (χ1n) is 4.96. The van der Waals surface area contributed by atoms with Crippen LogP contribution in [0.1, 0.15) is 15.2 Å². The Morgan fingerprint density at radius 3 is 2.76 bits per heavy atom. The number of aromatic nitrogens is 1. The Bertz CT molecular complexity index is 522. The minimum absolute atomic E-state index is 0.0499. The molecule has 2 heterocycles. The van der Waals surface area contributed by atoms with Gasteiger partial charge >= 0.3 is 0 Å². The molecule has 0 aliphatic carbocycles. The highest BCUT2D eigenvalue weighted by Gasteiger charge is 2.10. The van der Waals surface area contributed by atoms with E-state index in [1.54, 1.807) is 31.5 Å². The summed E-state index contributed by atoms with van der Waals surface area (Å²) >= 11 is 7.08. The largest absolute Gasteiger partial charge is 0.481 e. The number of nitrogens with zero attached hydrogens (tertiary/aromatic N) is 1. The van der Waals surface area contributed by atoms with Crippen LogP contribution in [-0.2, 0) is 6.42 Å². The molecular formula is C12H10ClNO2S. The highest BCUT2D eigenvalue weighted by molar-refractivity contribution is 7.18. The van der Waals surface area contributed by atoms with E-state index in [4.69, 9.17) is 16.3 Å². The summed E-state index contributed by atoms with van der Waals surface area (Å²) < 4.78 is 5.58. The molecule has 2 rings (SSSR count). The van der Waals surface area contributed by atoms with Gasteiger partial charge in [0.2, 0.25) is 5.88 Å². The standard InChI is InChI=1S/C12H10ClNO2S/c1-16-12-5-2-8(7-14-12)6-9(15)10-3-4-11(13)17-10/h2-5,7H,6H2,1H3. The molecule has 0 saturated heterocycles. The summed E-state index contributed by atoms with van der Waals surface area (Å²) in [6.45, 7) is 0. The number of rotatable bonds is 4. The van der Waals surface area contributed by atoms with Gasteiger partial charge in [-0.2, -0.15) is 0 Å². The number of carbonyl (C=O) groups excluding carboxylic acids is 1. The van der Waals surface area contributed by atoms with E-state index in [0.29, 0.717) is 21.5 Å². The van der Waals surface area contributed by atoms with Crippen molar-refractivity contribution in [2.24, 2.45) is 0 Å². The van der Waals surface area contributed by atoms with E-state index < -0.39 is 0 Å². The van der Waals surface area contributed by atoms with E-state index in [9.17, 15) is 4.79 Å². The molecule has 0 radical (unpaired) electrons. The first-order valence-corrected chi connectivity index (χ1v) is 6.16. The lowest BCUT2D eigenvalue weighted by Gasteiger charge is -2.01. The molecule has 0 aliphatic heterocycles. The van der Waals surface area contributed by atoms with Crippen LogP contribution in [0.3, 0.4) is 0 Å². The zero-order valence-electron chi connectivity index (χ0n) is 9.14. The van der Waals surface area contributed by atoms with E-state index in [-0.39, 0.29) is 5.78 Å². The normalized spacial score (nSPS) is 10.2. The van der Waals surface area contributed by atoms with Gasteiger partial charge in [-0.15, -0.1) is 11.3 Å². The van der Waals surface area contributed by atoms with Crippen molar-refractivity contribution < 1.29 is 9.53 Å². The van der Waals surface area contributed by atoms with Crippen LogP contribution in [-0.4, -0.2) is 17.9 Å². The molecular weight excluding hydrogens is 258 g/mol. The first-order chi connectivity index (χ1) is 8.19. The molecule has 0 aromatic carbocycles. The molecule has 0 unspecified atom stereocenters. The van der Waals surface area contributed by atoms with Gasteiger partial charge < -0.3 is 4.74 Å². The maximum Gasteiger partial charge on any atom is 0.212 e. The number of Topliss-reactive ketones (excluding diaryl/α,β-unsaturated/α-hetero) is 1. The molecule has 5 heteroatoms. The molecule has 0 saturated carbocycles. The van der Waals surface area contributed by atoms with Gasteiger partial charge in [0.05, 0.1) is 16.3 Å². The molecule has 0 spiro atoms. The van der Waals surface area contributed by atoms with Crippen molar-refractivity contribution in [3.05, 3.63) is 45.2 Å². The van der Waals surface area contributed by atoms with Crippen LogP contribution in [0.25, 0.3) is 0 Å². The van der Waals surface area contributed by atoms with E-state index in [0.717, 1.165) is 5.56 Å². The second-order valence-corrected chi connectivity index (χ2v) is 5.13. The molecule has 0 amide bonds. The van der Waals surface area contributed by atoms with E-state index in [1.165, 1.54) is 11.3 Å². The van der Waals surface area contributed by atoms with Crippen molar-refractivity contribution >= 4 is 28.7 Å². The number of halogens is 1. The Morgan fingerprint density at radius 1 is 1.41 bits per heavy atom. The van der Waals surface area contributed by atoms with Gasteiger partial charge in [-0.25, -0.2) is 4.98 Å². The third kappa shape index (κ3) is 3.05. The first kappa shape index (κ1) is 12.1. The van der Waals surface area contributed by atoms with Crippen molar-refractivity contribution in [3.63, 3.8) is 0 Å². The summed E-state index contributed by atoms with van der Waals surface area (Å²) in [5, 5.41) is 0. The summed E-state index contributed by atoms with van der Waals surface area (Å²) in [6, 6.07) is 7.04. The summed E-state index contributed by atoms with van der Waals surface area (Å²) in [7, 11) is 1.56. The van der Waals surface area contributed by atoms with Gasteiger partial charge in [0.1, 0.15) is 0 Å². The van der Waals surface area contributed by atoms with Crippen LogP contribution < -0.4 is 4.74 Å².